The van der Waals surface area contributed by atoms with E-state index in [1.165, 1.54) is 0 Å². The number of rotatable bonds is 3. The summed E-state index contributed by atoms with van der Waals surface area (Å²) >= 11 is 0. The van der Waals surface area contributed by atoms with Crippen LogP contribution in [-0.2, 0) is 0 Å². The van der Waals surface area contributed by atoms with Gasteiger partial charge in [-0.05, 0) is 24.3 Å². The van der Waals surface area contributed by atoms with E-state index in [1.54, 1.807) is 30.5 Å². The molecule has 1 aromatic heterocycles. The molecule has 0 radical (unpaired) electrons. The molecule has 1 fully saturated rings. The number of nitrogens with zero attached hydrogens (tertiary/aromatic N) is 2. The van der Waals surface area contributed by atoms with Crippen molar-refractivity contribution in [3.8, 4) is 17.2 Å². The highest BCUT2D eigenvalue weighted by Gasteiger charge is 2.19. The van der Waals surface area contributed by atoms with Crippen molar-refractivity contribution in [2.75, 3.05) is 13.1 Å². The van der Waals surface area contributed by atoms with Crippen molar-refractivity contribution in [3.63, 3.8) is 0 Å². The molecule has 5 nitrogen and oxygen atoms in total. The summed E-state index contributed by atoms with van der Waals surface area (Å²) in [6, 6.07) is 7.06. The molecular formula is C12H13N3O2. The van der Waals surface area contributed by atoms with Gasteiger partial charge in [0.15, 0.2) is 5.75 Å². The van der Waals surface area contributed by atoms with Gasteiger partial charge in [-0.25, -0.2) is 0 Å². The van der Waals surface area contributed by atoms with E-state index in [-0.39, 0.29) is 5.75 Å². The summed E-state index contributed by atoms with van der Waals surface area (Å²) in [5, 5.41) is 16.6. The number of hydrogen-bond donors (Lipinski definition) is 2. The van der Waals surface area contributed by atoms with Crippen LogP contribution in [0, 0.1) is 0 Å². The van der Waals surface area contributed by atoms with Crippen LogP contribution in [0.4, 0.5) is 0 Å². The number of ether oxygens (including phenoxy) is 1. The van der Waals surface area contributed by atoms with Gasteiger partial charge in [0, 0.05) is 13.1 Å². The molecule has 1 aliphatic rings. The van der Waals surface area contributed by atoms with Gasteiger partial charge in [-0.3, -0.25) is 4.68 Å². The van der Waals surface area contributed by atoms with Crippen molar-refractivity contribution in [1.29, 1.82) is 0 Å². The molecule has 2 aromatic rings. The third kappa shape index (κ3) is 2.09. The van der Waals surface area contributed by atoms with Gasteiger partial charge in [0.2, 0.25) is 0 Å². The predicted octanol–water partition coefficient (Wildman–Crippen LogP) is 1.53. The largest absolute Gasteiger partial charge is 0.508 e. The summed E-state index contributed by atoms with van der Waals surface area (Å²) in [5.74, 6) is 1.63. The summed E-state index contributed by atoms with van der Waals surface area (Å²) in [7, 11) is 0. The van der Waals surface area contributed by atoms with Crippen LogP contribution in [0.2, 0.25) is 0 Å². The average molecular weight is 231 g/mol. The lowest BCUT2D eigenvalue weighted by molar-refractivity contribution is 0.317. The fourth-order valence-corrected chi connectivity index (χ4v) is 1.68. The highest BCUT2D eigenvalue weighted by molar-refractivity contribution is 5.33. The summed E-state index contributed by atoms with van der Waals surface area (Å²) in [6.07, 6.45) is 3.59. The van der Waals surface area contributed by atoms with Crippen molar-refractivity contribution < 1.29 is 9.84 Å². The molecule has 0 saturated carbocycles. The fraction of sp³-hybridized carbons (Fsp3) is 0.250. The number of hydrogen-bond acceptors (Lipinski definition) is 4. The summed E-state index contributed by atoms with van der Waals surface area (Å²) < 4.78 is 7.53. The Kier molecular flexibility index (Phi) is 2.45. The lowest BCUT2D eigenvalue weighted by Gasteiger charge is -2.26. The van der Waals surface area contributed by atoms with E-state index >= 15 is 0 Å². The lowest BCUT2D eigenvalue weighted by atomic mass is 10.2. The molecule has 0 atom stereocenters. The van der Waals surface area contributed by atoms with Gasteiger partial charge in [-0.15, -0.1) is 0 Å². The molecule has 17 heavy (non-hydrogen) atoms. The van der Waals surface area contributed by atoms with E-state index in [9.17, 15) is 0 Å². The van der Waals surface area contributed by atoms with Crippen molar-refractivity contribution in [1.82, 2.24) is 15.1 Å². The Morgan fingerprint density at radius 1 is 1.24 bits per heavy atom. The number of phenols is 1. The van der Waals surface area contributed by atoms with Crippen LogP contribution < -0.4 is 10.1 Å². The maximum Gasteiger partial charge on any atom is 0.165 e. The Morgan fingerprint density at radius 2 is 2.00 bits per heavy atom. The minimum atomic E-state index is 0.230. The summed E-state index contributed by atoms with van der Waals surface area (Å²) in [4.78, 5) is 0. The van der Waals surface area contributed by atoms with Crippen LogP contribution in [-0.4, -0.2) is 28.0 Å². The molecule has 0 aliphatic carbocycles. The van der Waals surface area contributed by atoms with Gasteiger partial charge in [-0.2, -0.15) is 5.10 Å². The maximum atomic E-state index is 9.16. The normalized spacial score (nSPS) is 15.5. The minimum absolute atomic E-state index is 0.230. The van der Waals surface area contributed by atoms with E-state index in [4.69, 9.17) is 9.84 Å². The molecule has 2 heterocycles. The second-order valence-electron chi connectivity index (χ2n) is 4.06. The molecule has 0 spiro atoms. The highest BCUT2D eigenvalue weighted by atomic mass is 16.5. The third-order valence-electron chi connectivity index (χ3n) is 2.78. The zero-order valence-corrected chi connectivity index (χ0v) is 9.21. The summed E-state index contributed by atoms with van der Waals surface area (Å²) in [5.41, 5.74) is 0. The molecule has 3 rings (SSSR count). The highest BCUT2D eigenvalue weighted by Crippen LogP contribution is 2.24. The topological polar surface area (TPSA) is 59.3 Å². The summed E-state index contributed by atoms with van der Waals surface area (Å²) in [6.45, 7) is 1.92. The number of phenolic OH excluding ortho intramolecular Hbond substituents is 1. The smallest absolute Gasteiger partial charge is 0.165 e. The van der Waals surface area contributed by atoms with Gasteiger partial charge in [0.1, 0.15) is 11.5 Å². The molecule has 0 amide bonds. The molecule has 0 unspecified atom stereocenters. The van der Waals surface area contributed by atoms with Crippen LogP contribution in [0.3, 0.4) is 0 Å². The SMILES string of the molecule is Oc1ccc(Oc2cnn(C3CNC3)c2)cc1. The lowest BCUT2D eigenvalue weighted by Crippen LogP contribution is -2.43. The van der Waals surface area contributed by atoms with Crippen molar-refractivity contribution in [3.05, 3.63) is 36.7 Å². The molecule has 1 saturated heterocycles. The quantitative estimate of drug-likeness (QED) is 0.841. The number of aromatic hydroxyl groups is 1. The number of nitrogens with one attached hydrogen (secondary N) is 1. The molecule has 5 heteroatoms. The standard InChI is InChI=1S/C12H13N3O2/c16-10-1-3-11(4-2-10)17-12-7-14-15(8-12)9-5-13-6-9/h1-4,7-9,13,16H,5-6H2. The van der Waals surface area contributed by atoms with E-state index in [2.05, 4.69) is 10.4 Å². The first-order chi connectivity index (χ1) is 8.31. The van der Waals surface area contributed by atoms with E-state index < -0.39 is 0 Å². The van der Waals surface area contributed by atoms with Gasteiger partial charge >= 0.3 is 0 Å². The van der Waals surface area contributed by atoms with Crippen molar-refractivity contribution >= 4 is 0 Å². The van der Waals surface area contributed by atoms with Gasteiger partial charge in [0.25, 0.3) is 0 Å². The Hall–Kier alpha value is -2.01. The van der Waals surface area contributed by atoms with Crippen molar-refractivity contribution in [2.45, 2.75) is 6.04 Å². The van der Waals surface area contributed by atoms with Crippen LogP contribution in [0.1, 0.15) is 6.04 Å². The molecule has 2 N–H and O–H groups in total. The van der Waals surface area contributed by atoms with Gasteiger partial charge in [-0.1, -0.05) is 0 Å². The zero-order chi connectivity index (χ0) is 11.7. The molecule has 1 aromatic carbocycles. The molecule has 88 valence electrons. The number of aromatic nitrogens is 2. The van der Waals surface area contributed by atoms with E-state index in [0.29, 0.717) is 17.5 Å². The second kappa shape index (κ2) is 4.10. The fourth-order valence-electron chi connectivity index (χ4n) is 1.68. The third-order valence-corrected chi connectivity index (χ3v) is 2.78. The Balaban J connectivity index is 1.72. The van der Waals surface area contributed by atoms with Gasteiger partial charge < -0.3 is 15.2 Å². The Bertz CT molecular complexity index is 503. The van der Waals surface area contributed by atoms with E-state index in [1.807, 2.05) is 10.9 Å². The van der Waals surface area contributed by atoms with Crippen molar-refractivity contribution in [2.24, 2.45) is 0 Å². The van der Waals surface area contributed by atoms with Crippen LogP contribution in [0.25, 0.3) is 0 Å². The van der Waals surface area contributed by atoms with Crippen LogP contribution >= 0.6 is 0 Å². The Labute approximate surface area is 98.6 Å². The Morgan fingerprint density at radius 3 is 2.65 bits per heavy atom. The van der Waals surface area contributed by atoms with Crippen LogP contribution in [0.5, 0.6) is 17.2 Å². The maximum absolute atomic E-state index is 9.16. The minimum Gasteiger partial charge on any atom is -0.508 e. The average Bonchev–Trinajstić information content (AvgIpc) is 2.67. The van der Waals surface area contributed by atoms with Gasteiger partial charge in [0.05, 0.1) is 18.4 Å². The number of benzene rings is 1. The first-order valence-corrected chi connectivity index (χ1v) is 5.53. The first kappa shape index (κ1) is 10.2. The van der Waals surface area contributed by atoms with Crippen LogP contribution in [0.15, 0.2) is 36.7 Å². The monoisotopic (exact) mass is 231 g/mol. The second-order valence-corrected chi connectivity index (χ2v) is 4.06. The van der Waals surface area contributed by atoms with E-state index in [0.717, 1.165) is 13.1 Å². The molecule has 0 bridgehead atoms. The molecule has 1 aliphatic heterocycles. The first-order valence-electron chi connectivity index (χ1n) is 5.53. The molecular weight excluding hydrogens is 218 g/mol. The zero-order valence-electron chi connectivity index (χ0n) is 9.21. The predicted molar refractivity (Wildman–Crippen MR) is 62.3 cm³/mol.